The molecule has 1 aliphatic carbocycles. The van der Waals surface area contributed by atoms with Crippen LogP contribution in [0, 0.1) is 0 Å². The van der Waals surface area contributed by atoms with Crippen molar-refractivity contribution < 1.29 is 8.42 Å². The molecule has 0 radical (unpaired) electrons. The second kappa shape index (κ2) is 5.88. The van der Waals surface area contributed by atoms with Gasteiger partial charge in [-0.25, -0.2) is 8.42 Å². The van der Waals surface area contributed by atoms with Gasteiger partial charge in [0.25, 0.3) is 5.56 Å². The molecule has 0 aromatic carbocycles. The van der Waals surface area contributed by atoms with Gasteiger partial charge in [-0.2, -0.15) is 0 Å². The lowest BCUT2D eigenvalue weighted by Gasteiger charge is -2.12. The Labute approximate surface area is 113 Å². The maximum atomic E-state index is 11.8. The smallest absolute Gasteiger partial charge is 0.250 e. The Hall–Kier alpha value is -1.14. The van der Waals surface area contributed by atoms with Gasteiger partial charge in [-0.3, -0.25) is 4.79 Å². The number of nitrogens with one attached hydrogen (secondary N) is 1. The molecule has 1 N–H and O–H groups in total. The number of aryl methyl sites for hydroxylation is 1. The van der Waals surface area contributed by atoms with Gasteiger partial charge in [0.2, 0.25) is 0 Å². The number of sulfone groups is 1. The zero-order valence-electron chi connectivity index (χ0n) is 11.2. The zero-order chi connectivity index (χ0) is 13.9. The fourth-order valence-electron chi connectivity index (χ4n) is 2.45. The number of rotatable bonds is 6. The van der Waals surface area contributed by atoms with Crippen LogP contribution >= 0.6 is 0 Å². The third-order valence-electron chi connectivity index (χ3n) is 3.41. The van der Waals surface area contributed by atoms with Crippen molar-refractivity contribution in [3.05, 3.63) is 33.7 Å². The summed E-state index contributed by atoms with van der Waals surface area (Å²) in [5.41, 5.74) is 2.46. The van der Waals surface area contributed by atoms with Crippen LogP contribution in [0.2, 0.25) is 0 Å². The van der Waals surface area contributed by atoms with Crippen molar-refractivity contribution in [2.24, 2.45) is 0 Å². The molecule has 1 aromatic heterocycles. The Bertz CT molecular complexity index is 605. The van der Waals surface area contributed by atoms with E-state index in [4.69, 9.17) is 0 Å². The summed E-state index contributed by atoms with van der Waals surface area (Å²) in [6.45, 7) is 1.65. The van der Waals surface area contributed by atoms with E-state index in [9.17, 15) is 13.2 Å². The van der Waals surface area contributed by atoms with Gasteiger partial charge in [0.05, 0.1) is 5.75 Å². The SMILES string of the molecule is CS(=O)(=O)CCNCCn1c2c(ccc1=O)CCC2. The number of hydrogen-bond donors (Lipinski definition) is 1. The standard InChI is InChI=1S/C13H20N2O3S/c1-19(17,18)10-8-14-7-9-15-12-4-2-3-11(12)5-6-13(15)16/h5-6,14H,2-4,7-10H2,1H3. The van der Waals surface area contributed by atoms with E-state index in [0.29, 0.717) is 19.6 Å². The quantitative estimate of drug-likeness (QED) is 0.745. The maximum Gasteiger partial charge on any atom is 0.250 e. The minimum Gasteiger partial charge on any atom is -0.314 e. The third-order valence-corrected chi connectivity index (χ3v) is 4.36. The van der Waals surface area contributed by atoms with Crippen molar-refractivity contribution in [2.45, 2.75) is 25.8 Å². The molecule has 6 heteroatoms. The largest absolute Gasteiger partial charge is 0.314 e. The van der Waals surface area contributed by atoms with E-state index in [1.807, 2.05) is 10.6 Å². The predicted octanol–water partition coefficient (Wildman–Crippen LogP) is -0.0288. The van der Waals surface area contributed by atoms with Crippen LogP contribution in [-0.4, -0.2) is 38.1 Å². The predicted molar refractivity (Wildman–Crippen MR) is 75.3 cm³/mol. The molecular formula is C13H20N2O3S. The van der Waals surface area contributed by atoms with Gasteiger partial charge in [-0.1, -0.05) is 6.07 Å². The first-order valence-corrected chi connectivity index (χ1v) is 8.63. The van der Waals surface area contributed by atoms with Gasteiger partial charge in [0, 0.05) is 37.7 Å². The highest BCUT2D eigenvalue weighted by Crippen LogP contribution is 2.19. The number of fused-ring (bicyclic) bond motifs is 1. The van der Waals surface area contributed by atoms with Crippen LogP contribution in [0.5, 0.6) is 0 Å². The van der Waals surface area contributed by atoms with Crippen LogP contribution in [0.3, 0.4) is 0 Å². The van der Waals surface area contributed by atoms with Gasteiger partial charge >= 0.3 is 0 Å². The molecule has 1 heterocycles. The third kappa shape index (κ3) is 3.91. The topological polar surface area (TPSA) is 68.2 Å². The Morgan fingerprint density at radius 1 is 1.26 bits per heavy atom. The van der Waals surface area contributed by atoms with Crippen LogP contribution in [0.25, 0.3) is 0 Å². The van der Waals surface area contributed by atoms with Crippen molar-refractivity contribution in [3.63, 3.8) is 0 Å². The lowest BCUT2D eigenvalue weighted by Crippen LogP contribution is -2.31. The lowest BCUT2D eigenvalue weighted by atomic mass is 10.2. The summed E-state index contributed by atoms with van der Waals surface area (Å²) in [4.78, 5) is 11.8. The van der Waals surface area contributed by atoms with E-state index in [-0.39, 0.29) is 11.3 Å². The molecule has 0 fully saturated rings. The van der Waals surface area contributed by atoms with Crippen LogP contribution in [0.4, 0.5) is 0 Å². The summed E-state index contributed by atoms with van der Waals surface area (Å²) in [5, 5.41) is 3.07. The molecular weight excluding hydrogens is 264 g/mol. The summed E-state index contributed by atoms with van der Waals surface area (Å²) in [6.07, 6.45) is 4.36. The Balaban J connectivity index is 1.90. The van der Waals surface area contributed by atoms with E-state index in [1.165, 1.54) is 11.8 Å². The highest BCUT2D eigenvalue weighted by Gasteiger charge is 2.15. The normalized spacial score (nSPS) is 14.6. The minimum atomic E-state index is -2.92. The van der Waals surface area contributed by atoms with Gasteiger partial charge in [-0.05, 0) is 24.8 Å². The highest BCUT2D eigenvalue weighted by molar-refractivity contribution is 7.90. The van der Waals surface area contributed by atoms with Gasteiger partial charge in [-0.15, -0.1) is 0 Å². The van der Waals surface area contributed by atoms with Crippen LogP contribution < -0.4 is 10.9 Å². The van der Waals surface area contributed by atoms with Gasteiger partial charge in [0.1, 0.15) is 9.84 Å². The summed E-state index contributed by atoms with van der Waals surface area (Å²) in [5.74, 6) is 0.134. The van der Waals surface area contributed by atoms with E-state index in [2.05, 4.69) is 5.32 Å². The molecule has 0 spiro atoms. The first-order chi connectivity index (χ1) is 8.97. The lowest BCUT2D eigenvalue weighted by molar-refractivity contribution is 0.571. The van der Waals surface area contributed by atoms with E-state index in [0.717, 1.165) is 25.0 Å². The molecule has 19 heavy (non-hydrogen) atoms. The Morgan fingerprint density at radius 3 is 2.79 bits per heavy atom. The molecule has 0 amide bonds. The summed E-state index contributed by atoms with van der Waals surface area (Å²) in [7, 11) is -2.92. The minimum absolute atomic E-state index is 0.0329. The average molecular weight is 284 g/mol. The van der Waals surface area contributed by atoms with Crippen LogP contribution in [-0.2, 0) is 29.2 Å². The molecule has 2 rings (SSSR count). The molecule has 0 saturated carbocycles. The molecule has 5 nitrogen and oxygen atoms in total. The number of nitrogens with zero attached hydrogens (tertiary/aromatic N) is 1. The van der Waals surface area contributed by atoms with Crippen molar-refractivity contribution >= 4 is 9.84 Å². The van der Waals surface area contributed by atoms with Crippen LogP contribution in [0.1, 0.15) is 17.7 Å². The van der Waals surface area contributed by atoms with Gasteiger partial charge in [0.15, 0.2) is 0 Å². The molecule has 0 atom stereocenters. The fraction of sp³-hybridized carbons (Fsp3) is 0.615. The van der Waals surface area contributed by atoms with Gasteiger partial charge < -0.3 is 9.88 Å². The second-order valence-electron chi connectivity index (χ2n) is 5.03. The molecule has 0 bridgehead atoms. The number of pyridine rings is 1. The first kappa shape index (κ1) is 14.3. The monoisotopic (exact) mass is 284 g/mol. The maximum absolute atomic E-state index is 11.8. The summed E-state index contributed by atoms with van der Waals surface area (Å²) < 4.78 is 23.8. The Morgan fingerprint density at radius 2 is 2.05 bits per heavy atom. The summed E-state index contributed by atoms with van der Waals surface area (Å²) >= 11 is 0. The van der Waals surface area contributed by atoms with E-state index in [1.54, 1.807) is 6.07 Å². The molecule has 0 aliphatic heterocycles. The summed E-state index contributed by atoms with van der Waals surface area (Å²) in [6, 6.07) is 3.55. The molecule has 1 aliphatic rings. The zero-order valence-corrected chi connectivity index (χ0v) is 12.0. The van der Waals surface area contributed by atoms with Crippen molar-refractivity contribution in [1.82, 2.24) is 9.88 Å². The van der Waals surface area contributed by atoms with Crippen molar-refractivity contribution in [3.8, 4) is 0 Å². The molecule has 0 unspecified atom stereocenters. The highest BCUT2D eigenvalue weighted by atomic mass is 32.2. The molecule has 106 valence electrons. The fourth-order valence-corrected chi connectivity index (χ4v) is 2.97. The Kier molecular flexibility index (Phi) is 4.42. The van der Waals surface area contributed by atoms with Crippen molar-refractivity contribution in [1.29, 1.82) is 0 Å². The number of aromatic nitrogens is 1. The first-order valence-electron chi connectivity index (χ1n) is 6.57. The van der Waals surface area contributed by atoms with Crippen molar-refractivity contribution in [2.75, 3.05) is 25.1 Å². The van der Waals surface area contributed by atoms with E-state index < -0.39 is 9.84 Å². The number of hydrogen-bond acceptors (Lipinski definition) is 4. The second-order valence-corrected chi connectivity index (χ2v) is 7.29. The average Bonchev–Trinajstić information content (AvgIpc) is 2.78. The van der Waals surface area contributed by atoms with Crippen LogP contribution in [0.15, 0.2) is 16.9 Å². The molecule has 0 saturated heterocycles. The van der Waals surface area contributed by atoms with E-state index >= 15 is 0 Å². The molecule has 1 aromatic rings.